The van der Waals surface area contributed by atoms with Gasteiger partial charge in [-0.25, -0.2) is 10.1 Å². The van der Waals surface area contributed by atoms with Crippen LogP contribution in [-0.2, 0) is 24.0 Å². The minimum atomic E-state index is -0.346. The Labute approximate surface area is 243 Å². The van der Waals surface area contributed by atoms with Crippen molar-refractivity contribution in [2.24, 2.45) is 0 Å². The van der Waals surface area contributed by atoms with Crippen molar-refractivity contribution in [2.75, 3.05) is 26.3 Å². The first-order chi connectivity index (χ1) is 17.4. The van der Waals surface area contributed by atoms with Crippen molar-refractivity contribution in [3.63, 3.8) is 0 Å². The monoisotopic (exact) mass is 656 g/mol. The summed E-state index contributed by atoms with van der Waals surface area (Å²) >= 11 is 7.58. The van der Waals surface area contributed by atoms with Crippen LogP contribution in [0, 0.1) is 0 Å². The molecule has 0 aliphatic carbocycles. The maximum absolute atomic E-state index is 11.1. The smallest absolute Gasteiger partial charge is 0.233 e. The van der Waals surface area contributed by atoms with E-state index in [-0.39, 0.29) is 11.2 Å². The van der Waals surface area contributed by atoms with E-state index < -0.39 is 0 Å². The summed E-state index contributed by atoms with van der Waals surface area (Å²) in [5.74, 6) is 0. The molecule has 0 aliphatic rings. The second-order valence-electron chi connectivity index (χ2n) is 11.7. The molecule has 37 heavy (non-hydrogen) atoms. The van der Waals surface area contributed by atoms with Crippen molar-refractivity contribution in [3.05, 3.63) is 0 Å². The highest BCUT2D eigenvalue weighted by atomic mass is 79.9. The zero-order valence-electron chi connectivity index (χ0n) is 24.3. The van der Waals surface area contributed by atoms with Gasteiger partial charge in [-0.15, -0.1) is 0 Å². The average molecular weight is 659 g/mol. The molecule has 0 saturated carbocycles. The van der Waals surface area contributed by atoms with Gasteiger partial charge >= 0.3 is 0 Å². The maximum atomic E-state index is 11.1. The third-order valence-corrected chi connectivity index (χ3v) is 7.25. The largest absolute Gasteiger partial charge is 0.381 e. The Morgan fingerprint density at radius 1 is 0.595 bits per heavy atom. The number of carbonyl (C=O) groups excluding carboxylic acids is 2. The highest BCUT2D eigenvalue weighted by Gasteiger charge is 2.17. The molecule has 2 atom stereocenters. The van der Waals surface area contributed by atoms with E-state index in [1.165, 1.54) is 10.1 Å². The lowest BCUT2D eigenvalue weighted by molar-refractivity contribution is -0.216. The van der Waals surface area contributed by atoms with Gasteiger partial charge in [-0.3, -0.25) is 19.3 Å². The summed E-state index contributed by atoms with van der Waals surface area (Å²) in [6.45, 7) is 14.6. The fourth-order valence-electron chi connectivity index (χ4n) is 3.74. The number of amides is 2. The first kappa shape index (κ1) is 36.8. The Bertz CT molecular complexity index is 522. The molecule has 0 N–H and O–H groups in total. The van der Waals surface area contributed by atoms with Gasteiger partial charge in [-0.1, -0.05) is 57.5 Å². The average Bonchev–Trinajstić information content (AvgIpc) is 2.80. The van der Waals surface area contributed by atoms with Gasteiger partial charge in [-0.05, 0) is 92.9 Å². The summed E-state index contributed by atoms with van der Waals surface area (Å²) in [6.07, 6.45) is 14.6. The number of halogens is 2. The van der Waals surface area contributed by atoms with Crippen molar-refractivity contribution in [1.29, 1.82) is 0 Å². The first-order valence-corrected chi connectivity index (χ1v) is 15.9. The van der Waals surface area contributed by atoms with Crippen molar-refractivity contribution in [2.45, 2.75) is 139 Å². The normalized spacial score (nSPS) is 13.8. The number of nitrogens with zero attached hydrogens (tertiary/aromatic N) is 2. The Kier molecular flexibility index (Phi) is 21.5. The number of hydrogen-bond donors (Lipinski definition) is 0. The van der Waals surface area contributed by atoms with Crippen LogP contribution in [0.15, 0.2) is 0 Å². The van der Waals surface area contributed by atoms with Crippen LogP contribution in [0.1, 0.15) is 119 Å². The van der Waals surface area contributed by atoms with Crippen LogP contribution in [-0.4, -0.2) is 70.1 Å². The highest BCUT2D eigenvalue weighted by Crippen LogP contribution is 2.19. The second-order valence-corrected chi connectivity index (χ2v) is 14.3. The van der Waals surface area contributed by atoms with Crippen LogP contribution in [0.25, 0.3) is 0 Å². The van der Waals surface area contributed by atoms with Crippen molar-refractivity contribution < 1.29 is 24.0 Å². The summed E-state index contributed by atoms with van der Waals surface area (Å²) < 4.78 is 5.82. The Balaban J connectivity index is 3.57. The van der Waals surface area contributed by atoms with Crippen molar-refractivity contribution in [3.8, 4) is 0 Å². The lowest BCUT2D eigenvalue weighted by Crippen LogP contribution is -2.33. The number of ether oxygens (including phenoxy) is 1. The molecule has 220 valence electrons. The number of hydroxylamine groups is 4. The first-order valence-electron chi connectivity index (χ1n) is 14.0. The Morgan fingerprint density at radius 2 is 0.919 bits per heavy atom. The van der Waals surface area contributed by atoms with E-state index in [2.05, 4.69) is 31.9 Å². The summed E-state index contributed by atoms with van der Waals surface area (Å²) in [6, 6.07) is 0. The molecule has 0 saturated heterocycles. The van der Waals surface area contributed by atoms with Gasteiger partial charge in [0.1, 0.15) is 0 Å². The lowest BCUT2D eigenvalue weighted by atomic mass is 10.1. The van der Waals surface area contributed by atoms with Crippen molar-refractivity contribution >= 4 is 44.7 Å². The standard InChI is InChI=1S/C28H54Br2N2O5/c1-27(2,3)36-31(23-33)19-11-7-15-25(29)17-9-13-21-35-22-14-10-18-26(30)16-8-12-20-32(24-34)37-28(4,5)6/h23-26H,7-22H2,1-6H3. The molecule has 0 rings (SSSR count). The van der Waals surface area contributed by atoms with Crippen LogP contribution in [0.4, 0.5) is 0 Å². The molecule has 0 aromatic heterocycles. The van der Waals surface area contributed by atoms with Crippen LogP contribution < -0.4 is 0 Å². The zero-order chi connectivity index (χ0) is 28.2. The Morgan fingerprint density at radius 3 is 1.22 bits per heavy atom. The molecule has 0 aliphatic heterocycles. The number of unbranched alkanes of at least 4 members (excludes halogenated alkanes) is 4. The maximum Gasteiger partial charge on any atom is 0.233 e. The minimum absolute atomic E-state index is 0.346. The molecule has 9 heteroatoms. The molecule has 0 fully saturated rings. The van der Waals surface area contributed by atoms with Crippen LogP contribution in [0.5, 0.6) is 0 Å². The highest BCUT2D eigenvalue weighted by molar-refractivity contribution is 9.09. The summed E-state index contributed by atoms with van der Waals surface area (Å²) in [4.78, 5) is 34.4. The molecule has 0 bridgehead atoms. The molecule has 2 amide bonds. The topological polar surface area (TPSA) is 68.3 Å². The molecule has 7 nitrogen and oxygen atoms in total. The van der Waals surface area contributed by atoms with Crippen LogP contribution in [0.3, 0.4) is 0 Å². The van der Waals surface area contributed by atoms with Crippen LogP contribution in [0.2, 0.25) is 0 Å². The molecular weight excluding hydrogens is 604 g/mol. The SMILES string of the molecule is CC(C)(C)ON(C=O)CCCCC(Br)CCCCOCCCCC(Br)CCCCN(C=O)OC(C)(C)C. The van der Waals surface area contributed by atoms with Gasteiger partial charge in [0.2, 0.25) is 12.8 Å². The van der Waals surface area contributed by atoms with Gasteiger partial charge in [0.25, 0.3) is 0 Å². The van der Waals surface area contributed by atoms with Gasteiger partial charge in [0.05, 0.1) is 11.2 Å². The second kappa shape index (κ2) is 21.6. The van der Waals surface area contributed by atoms with E-state index in [1.807, 2.05) is 41.5 Å². The molecule has 2 unspecified atom stereocenters. The van der Waals surface area contributed by atoms with Crippen LogP contribution >= 0.6 is 31.9 Å². The number of carbonyl (C=O) groups is 2. The predicted molar refractivity (Wildman–Crippen MR) is 159 cm³/mol. The zero-order valence-corrected chi connectivity index (χ0v) is 27.5. The minimum Gasteiger partial charge on any atom is -0.381 e. The fraction of sp³-hybridized carbons (Fsp3) is 0.929. The molecule has 0 radical (unpaired) electrons. The summed E-state index contributed by atoms with van der Waals surface area (Å²) in [5, 5.41) is 2.82. The fourth-order valence-corrected chi connectivity index (χ4v) is 5.04. The molecule has 0 aromatic rings. The summed E-state index contributed by atoms with van der Waals surface area (Å²) in [7, 11) is 0. The van der Waals surface area contributed by atoms with Gasteiger partial charge in [0.15, 0.2) is 0 Å². The van der Waals surface area contributed by atoms with E-state index in [4.69, 9.17) is 14.4 Å². The van der Waals surface area contributed by atoms with E-state index in [0.29, 0.717) is 22.7 Å². The number of hydrogen-bond acceptors (Lipinski definition) is 5. The van der Waals surface area contributed by atoms with Gasteiger partial charge in [-0.2, -0.15) is 0 Å². The van der Waals surface area contributed by atoms with E-state index in [0.717, 1.165) is 103 Å². The predicted octanol–water partition coefficient (Wildman–Crippen LogP) is 7.59. The summed E-state index contributed by atoms with van der Waals surface area (Å²) in [5.41, 5.74) is -0.691. The van der Waals surface area contributed by atoms with E-state index in [1.54, 1.807) is 0 Å². The molecule has 0 heterocycles. The van der Waals surface area contributed by atoms with E-state index in [9.17, 15) is 9.59 Å². The third kappa shape index (κ3) is 25.8. The van der Waals surface area contributed by atoms with Crippen molar-refractivity contribution in [1.82, 2.24) is 10.1 Å². The number of alkyl halides is 2. The number of rotatable bonds is 24. The molecule has 0 aromatic carbocycles. The molecule has 0 spiro atoms. The van der Waals surface area contributed by atoms with Gasteiger partial charge in [0, 0.05) is 36.0 Å². The van der Waals surface area contributed by atoms with Gasteiger partial charge < -0.3 is 4.74 Å². The lowest BCUT2D eigenvalue weighted by Gasteiger charge is -2.26. The molecular formula is C28H54Br2N2O5. The third-order valence-electron chi connectivity index (χ3n) is 5.42. The van der Waals surface area contributed by atoms with E-state index >= 15 is 0 Å². The Hall–Kier alpha value is -0.220. The quantitative estimate of drug-likeness (QED) is 0.0463.